The Hall–Kier alpha value is -1.29. The van der Waals surface area contributed by atoms with Crippen LogP contribution in [0.15, 0.2) is 17.1 Å². The van der Waals surface area contributed by atoms with Gasteiger partial charge in [-0.3, -0.25) is 9.13 Å². The lowest BCUT2D eigenvalue weighted by Crippen LogP contribution is -2.39. The number of nitrogen functional groups attached to an aromatic ring is 1. The highest BCUT2D eigenvalue weighted by Crippen LogP contribution is 2.37. The van der Waals surface area contributed by atoms with Gasteiger partial charge in [0, 0.05) is 12.8 Å². The Balaban J connectivity index is 2.21. The van der Waals surface area contributed by atoms with Crippen LogP contribution >= 0.6 is 8.25 Å². The number of unbranched alkanes of at least 4 members (excludes halogenated alkanes) is 3. The van der Waals surface area contributed by atoms with Crippen LogP contribution in [0.1, 0.15) is 38.8 Å². The first-order valence-electron chi connectivity index (χ1n) is 8.60. The van der Waals surface area contributed by atoms with Gasteiger partial charge in [-0.2, -0.15) is 4.98 Å². The summed E-state index contributed by atoms with van der Waals surface area (Å²) in [5, 5.41) is 9.53. The Morgan fingerprint density at radius 1 is 1.38 bits per heavy atom. The largest absolute Gasteiger partial charge is 0.394 e. The molecule has 2 heterocycles. The summed E-state index contributed by atoms with van der Waals surface area (Å²) < 4.78 is 28.9. The van der Waals surface area contributed by atoms with Crippen LogP contribution in [0.2, 0.25) is 0 Å². The smallest absolute Gasteiger partial charge is 0.351 e. The Morgan fingerprint density at radius 3 is 2.77 bits per heavy atom. The Bertz CT molecular complexity index is 656. The highest BCUT2D eigenvalue weighted by atomic mass is 31.1. The summed E-state index contributed by atoms with van der Waals surface area (Å²) in [6.45, 7) is 2.01. The SMILES string of the molecule is CCCCCCOC1C(O[PH](=O)O)[C@@H](CO)O[C@H]1n1ccc(N)nc1=O. The molecule has 148 valence electrons. The number of rotatable bonds is 10. The number of nitrogens with two attached hydrogens (primary N) is 1. The Kier molecular flexibility index (Phi) is 8.20. The Morgan fingerprint density at radius 2 is 2.15 bits per heavy atom. The number of hydrogen-bond donors (Lipinski definition) is 3. The van der Waals surface area contributed by atoms with Crippen LogP contribution in [0, 0.1) is 0 Å². The van der Waals surface area contributed by atoms with Crippen molar-refractivity contribution in [2.45, 2.75) is 57.1 Å². The number of ether oxygens (including phenoxy) is 2. The third-order valence-electron chi connectivity index (χ3n) is 4.14. The van der Waals surface area contributed by atoms with Crippen LogP contribution in [0.25, 0.3) is 0 Å². The van der Waals surface area contributed by atoms with E-state index < -0.39 is 45.1 Å². The molecule has 0 spiro atoms. The summed E-state index contributed by atoms with van der Waals surface area (Å²) in [5.41, 5.74) is 4.85. The van der Waals surface area contributed by atoms with Crippen molar-refractivity contribution in [1.82, 2.24) is 9.55 Å². The predicted octanol–water partition coefficient (Wildman–Crippen LogP) is 0.448. The van der Waals surface area contributed by atoms with Gasteiger partial charge in [0.25, 0.3) is 0 Å². The van der Waals surface area contributed by atoms with Gasteiger partial charge in [-0.25, -0.2) is 4.79 Å². The number of aromatic nitrogens is 2. The minimum atomic E-state index is -3.30. The fourth-order valence-corrected chi connectivity index (χ4v) is 3.40. The van der Waals surface area contributed by atoms with Gasteiger partial charge in [0.2, 0.25) is 0 Å². The van der Waals surface area contributed by atoms with Crippen LogP contribution in [0.4, 0.5) is 5.82 Å². The van der Waals surface area contributed by atoms with E-state index in [0.717, 1.165) is 25.7 Å². The second kappa shape index (κ2) is 10.1. The zero-order valence-corrected chi connectivity index (χ0v) is 15.6. The highest BCUT2D eigenvalue weighted by molar-refractivity contribution is 7.32. The van der Waals surface area contributed by atoms with Gasteiger partial charge >= 0.3 is 13.9 Å². The van der Waals surface area contributed by atoms with E-state index in [-0.39, 0.29) is 5.82 Å². The van der Waals surface area contributed by atoms with E-state index in [1.165, 1.54) is 16.8 Å². The standard InChI is InChI=1S/C15H26N3O7P/c1-2-3-4-5-8-23-13-12(25-26(21)22)10(9-19)24-14(13)18-7-6-11(16)17-15(18)20/h6-7,10,12-14,19,26H,2-5,8-9H2,1H3,(H,21,22)(H2,16,17,20)/t10-,12?,13?,14-/m1/s1. The van der Waals surface area contributed by atoms with Crippen molar-refractivity contribution in [2.24, 2.45) is 0 Å². The molecule has 3 unspecified atom stereocenters. The van der Waals surface area contributed by atoms with Gasteiger partial charge < -0.3 is 29.7 Å². The molecular formula is C15H26N3O7P. The number of nitrogens with zero attached hydrogens (tertiary/aromatic N) is 2. The van der Waals surface area contributed by atoms with Gasteiger partial charge in [-0.15, -0.1) is 0 Å². The average molecular weight is 391 g/mol. The van der Waals surface area contributed by atoms with Crippen molar-refractivity contribution >= 4 is 14.1 Å². The van der Waals surface area contributed by atoms with Gasteiger partial charge in [-0.05, 0) is 12.5 Å². The quantitative estimate of drug-likeness (QED) is 0.382. The summed E-state index contributed by atoms with van der Waals surface area (Å²) in [4.78, 5) is 25.0. The van der Waals surface area contributed by atoms with Crippen LogP contribution in [-0.2, 0) is 18.6 Å². The molecule has 1 aliphatic rings. The molecule has 0 saturated carbocycles. The predicted molar refractivity (Wildman–Crippen MR) is 93.9 cm³/mol. The minimum Gasteiger partial charge on any atom is -0.394 e. The number of aliphatic hydroxyl groups excluding tert-OH is 1. The molecule has 4 N–H and O–H groups in total. The molecule has 26 heavy (non-hydrogen) atoms. The zero-order valence-electron chi connectivity index (χ0n) is 14.6. The van der Waals surface area contributed by atoms with E-state index in [4.69, 9.17) is 24.6 Å². The van der Waals surface area contributed by atoms with E-state index in [9.17, 15) is 14.5 Å². The fraction of sp³-hybridized carbons (Fsp3) is 0.733. The van der Waals surface area contributed by atoms with Gasteiger partial charge in [-0.1, -0.05) is 26.2 Å². The first kappa shape index (κ1) is 21.0. The highest BCUT2D eigenvalue weighted by Gasteiger charge is 2.48. The molecule has 0 aromatic carbocycles. The van der Waals surface area contributed by atoms with Crippen LogP contribution < -0.4 is 11.4 Å². The van der Waals surface area contributed by atoms with Gasteiger partial charge in [0.15, 0.2) is 6.23 Å². The van der Waals surface area contributed by atoms with Crippen molar-refractivity contribution in [1.29, 1.82) is 0 Å². The number of anilines is 1. The van der Waals surface area contributed by atoms with Crippen molar-refractivity contribution in [3.05, 3.63) is 22.7 Å². The molecule has 0 bridgehead atoms. The van der Waals surface area contributed by atoms with Crippen LogP contribution in [0.3, 0.4) is 0 Å². The molecule has 0 aliphatic carbocycles. The van der Waals surface area contributed by atoms with Crippen LogP contribution in [0.5, 0.6) is 0 Å². The molecule has 5 atom stereocenters. The second-order valence-corrected chi connectivity index (χ2v) is 6.80. The van der Waals surface area contributed by atoms with Crippen LogP contribution in [-0.4, -0.2) is 51.1 Å². The summed E-state index contributed by atoms with van der Waals surface area (Å²) >= 11 is 0. The third-order valence-corrected chi connectivity index (χ3v) is 4.61. The lowest BCUT2D eigenvalue weighted by atomic mass is 10.1. The molecule has 1 aliphatic heterocycles. The fourth-order valence-electron chi connectivity index (χ4n) is 2.88. The maximum absolute atomic E-state index is 12.1. The minimum absolute atomic E-state index is 0.0631. The summed E-state index contributed by atoms with van der Waals surface area (Å²) in [6, 6.07) is 1.43. The van der Waals surface area contributed by atoms with E-state index >= 15 is 0 Å². The molecule has 11 heteroatoms. The maximum atomic E-state index is 12.1. The topological polar surface area (TPSA) is 146 Å². The van der Waals surface area contributed by atoms with Crippen molar-refractivity contribution in [2.75, 3.05) is 18.9 Å². The van der Waals surface area contributed by atoms with E-state index in [1.54, 1.807) is 0 Å². The molecule has 1 fully saturated rings. The number of aliphatic hydroxyl groups is 1. The molecule has 2 rings (SSSR count). The molecule has 10 nitrogen and oxygen atoms in total. The summed E-state index contributed by atoms with van der Waals surface area (Å²) in [6.07, 6.45) is 1.61. The summed E-state index contributed by atoms with van der Waals surface area (Å²) in [7, 11) is -3.30. The molecule has 1 aromatic rings. The molecule has 0 radical (unpaired) electrons. The van der Waals surface area contributed by atoms with Gasteiger partial charge in [0.05, 0.1) is 6.61 Å². The zero-order chi connectivity index (χ0) is 19.1. The van der Waals surface area contributed by atoms with Crippen molar-refractivity contribution < 1.29 is 28.6 Å². The van der Waals surface area contributed by atoms with E-state index in [0.29, 0.717) is 6.61 Å². The van der Waals surface area contributed by atoms with Crippen molar-refractivity contribution in [3.63, 3.8) is 0 Å². The van der Waals surface area contributed by atoms with E-state index in [1.807, 2.05) is 0 Å². The monoisotopic (exact) mass is 391 g/mol. The normalized spacial score (nSPS) is 26.9. The second-order valence-electron chi connectivity index (χ2n) is 6.03. The molecular weight excluding hydrogens is 365 g/mol. The Labute approximate surface area is 151 Å². The number of hydrogen-bond acceptors (Lipinski definition) is 8. The first-order valence-corrected chi connectivity index (χ1v) is 9.86. The molecule has 1 saturated heterocycles. The maximum Gasteiger partial charge on any atom is 0.351 e. The average Bonchev–Trinajstić information content (AvgIpc) is 2.91. The lowest BCUT2D eigenvalue weighted by Gasteiger charge is -2.24. The summed E-state index contributed by atoms with van der Waals surface area (Å²) in [5.74, 6) is 0.0631. The van der Waals surface area contributed by atoms with E-state index in [2.05, 4.69) is 11.9 Å². The molecule has 1 aromatic heterocycles. The van der Waals surface area contributed by atoms with Gasteiger partial charge in [0.1, 0.15) is 24.1 Å². The third kappa shape index (κ3) is 5.35. The van der Waals surface area contributed by atoms with Crippen molar-refractivity contribution in [3.8, 4) is 0 Å². The lowest BCUT2D eigenvalue weighted by molar-refractivity contribution is -0.0743. The first-order chi connectivity index (χ1) is 12.5. The molecule has 0 amide bonds.